The summed E-state index contributed by atoms with van der Waals surface area (Å²) in [6.45, 7) is 0.0207. The smallest absolute Gasteiger partial charge is 0.313 e. The van der Waals surface area contributed by atoms with Gasteiger partial charge in [-0.3, -0.25) is 9.59 Å². The average molecular weight is 204 g/mol. The van der Waals surface area contributed by atoms with Crippen LogP contribution in [0.25, 0.3) is 0 Å². The zero-order chi connectivity index (χ0) is 10.4. The molecular weight excluding hydrogens is 191 g/mol. The minimum absolute atomic E-state index is 0.177. The van der Waals surface area contributed by atoms with Crippen LogP contribution in [0.2, 0.25) is 0 Å². The first-order valence-corrected chi connectivity index (χ1v) is 4.57. The number of ether oxygens (including phenoxy) is 2. The predicted octanol–water partition coefficient (Wildman–Crippen LogP) is 0.637. The highest BCUT2D eigenvalue weighted by molar-refractivity contribution is 5.96. The third-order valence-electron chi connectivity index (χ3n) is 1.96. The first-order valence-electron chi connectivity index (χ1n) is 4.57. The van der Waals surface area contributed by atoms with Gasteiger partial charge in [-0.15, -0.1) is 0 Å². The molecule has 0 unspecified atom stereocenters. The molecule has 1 saturated heterocycles. The fourth-order valence-corrected chi connectivity index (χ4v) is 1.23. The lowest BCUT2D eigenvalue weighted by Crippen LogP contribution is -2.27. The number of Topliss-reactive ketones (excluding diaryl/α,β-unsaturated/α-hetero) is 1. The molecule has 14 heavy (non-hydrogen) atoms. The van der Waals surface area contributed by atoms with Crippen molar-refractivity contribution in [1.29, 1.82) is 0 Å². The van der Waals surface area contributed by atoms with Crippen molar-refractivity contribution >= 4 is 11.8 Å². The van der Waals surface area contributed by atoms with Gasteiger partial charge in [0.1, 0.15) is 19.2 Å². The van der Waals surface area contributed by atoms with Gasteiger partial charge in [-0.25, -0.2) is 4.39 Å². The Labute approximate surface area is 81.4 Å². The molecule has 1 heterocycles. The highest BCUT2D eigenvalue weighted by Crippen LogP contribution is 2.11. The quantitative estimate of drug-likeness (QED) is 0.498. The summed E-state index contributed by atoms with van der Waals surface area (Å²) in [6.07, 6.45) is 0.655. The molecule has 0 amide bonds. The summed E-state index contributed by atoms with van der Waals surface area (Å²) in [5, 5.41) is 0. The molecule has 1 aliphatic heterocycles. The Bertz CT molecular complexity index is 211. The van der Waals surface area contributed by atoms with E-state index in [2.05, 4.69) is 0 Å². The van der Waals surface area contributed by atoms with Crippen LogP contribution in [0.15, 0.2) is 0 Å². The van der Waals surface area contributed by atoms with Crippen LogP contribution >= 0.6 is 0 Å². The Kier molecular flexibility index (Phi) is 4.52. The number of carbonyl (C=O) groups excluding carboxylic acids is 2. The van der Waals surface area contributed by atoms with Crippen molar-refractivity contribution in [1.82, 2.24) is 0 Å². The van der Waals surface area contributed by atoms with Crippen LogP contribution in [-0.2, 0) is 19.1 Å². The van der Waals surface area contributed by atoms with E-state index in [1.807, 2.05) is 0 Å². The van der Waals surface area contributed by atoms with E-state index < -0.39 is 24.8 Å². The van der Waals surface area contributed by atoms with Gasteiger partial charge in [0.15, 0.2) is 5.78 Å². The molecule has 1 fully saturated rings. The molecule has 0 aliphatic carbocycles. The summed E-state index contributed by atoms with van der Waals surface area (Å²) in [5.74, 6) is -1.37. The van der Waals surface area contributed by atoms with Gasteiger partial charge in [0, 0.05) is 12.8 Å². The van der Waals surface area contributed by atoms with Crippen LogP contribution in [-0.4, -0.2) is 37.7 Å². The van der Waals surface area contributed by atoms with Crippen molar-refractivity contribution in [3.05, 3.63) is 0 Å². The van der Waals surface area contributed by atoms with Gasteiger partial charge in [-0.1, -0.05) is 0 Å². The Morgan fingerprint density at radius 1 is 1.36 bits per heavy atom. The zero-order valence-electron chi connectivity index (χ0n) is 7.83. The van der Waals surface area contributed by atoms with Crippen molar-refractivity contribution in [2.75, 3.05) is 19.9 Å². The van der Waals surface area contributed by atoms with Gasteiger partial charge >= 0.3 is 5.97 Å². The van der Waals surface area contributed by atoms with Crippen LogP contribution in [0.3, 0.4) is 0 Å². The Morgan fingerprint density at radius 2 is 2.00 bits per heavy atom. The number of hydrogen-bond acceptors (Lipinski definition) is 4. The lowest BCUT2D eigenvalue weighted by atomic mass is 10.1. The molecule has 1 aliphatic rings. The Morgan fingerprint density at radius 3 is 2.57 bits per heavy atom. The predicted molar refractivity (Wildman–Crippen MR) is 45.5 cm³/mol. The second-order valence-corrected chi connectivity index (χ2v) is 3.15. The van der Waals surface area contributed by atoms with E-state index in [1.54, 1.807) is 0 Å². The number of alkyl halides is 1. The Balaban J connectivity index is 2.21. The van der Waals surface area contributed by atoms with E-state index >= 15 is 0 Å². The number of ketones is 1. The molecule has 1 rings (SSSR count). The SMILES string of the molecule is O=C(CF)CC(=O)OC1CCOCC1. The first-order chi connectivity index (χ1) is 6.72. The van der Waals surface area contributed by atoms with Gasteiger partial charge < -0.3 is 9.47 Å². The van der Waals surface area contributed by atoms with Crippen molar-refractivity contribution in [3.8, 4) is 0 Å². The lowest BCUT2D eigenvalue weighted by Gasteiger charge is -2.21. The summed E-state index contributed by atoms with van der Waals surface area (Å²) in [4.78, 5) is 21.6. The number of halogens is 1. The normalized spacial score (nSPS) is 17.8. The van der Waals surface area contributed by atoms with Crippen molar-refractivity contribution in [2.45, 2.75) is 25.4 Å². The van der Waals surface area contributed by atoms with Crippen molar-refractivity contribution < 1.29 is 23.5 Å². The molecule has 0 atom stereocenters. The van der Waals surface area contributed by atoms with E-state index in [9.17, 15) is 14.0 Å². The molecule has 0 aromatic carbocycles. The van der Waals surface area contributed by atoms with Gasteiger partial charge in [0.05, 0.1) is 13.2 Å². The largest absolute Gasteiger partial charge is 0.462 e. The van der Waals surface area contributed by atoms with E-state index in [4.69, 9.17) is 9.47 Å². The number of carbonyl (C=O) groups is 2. The molecule has 0 saturated carbocycles. The van der Waals surface area contributed by atoms with E-state index in [-0.39, 0.29) is 6.10 Å². The summed E-state index contributed by atoms with van der Waals surface area (Å²) in [5.41, 5.74) is 0. The fraction of sp³-hybridized carbons (Fsp3) is 0.778. The fourth-order valence-electron chi connectivity index (χ4n) is 1.23. The van der Waals surface area contributed by atoms with Gasteiger partial charge in [-0.05, 0) is 0 Å². The van der Waals surface area contributed by atoms with E-state index in [0.717, 1.165) is 0 Å². The van der Waals surface area contributed by atoms with Gasteiger partial charge in [0.2, 0.25) is 0 Å². The van der Waals surface area contributed by atoms with Gasteiger partial charge in [0.25, 0.3) is 0 Å². The average Bonchev–Trinajstić information content (AvgIpc) is 2.19. The first kappa shape index (κ1) is 11.1. The monoisotopic (exact) mass is 204 g/mol. The lowest BCUT2D eigenvalue weighted by molar-refractivity contribution is -0.154. The zero-order valence-corrected chi connectivity index (χ0v) is 7.83. The second kappa shape index (κ2) is 5.70. The molecule has 0 bridgehead atoms. The minimum Gasteiger partial charge on any atom is -0.462 e. The van der Waals surface area contributed by atoms with Gasteiger partial charge in [-0.2, -0.15) is 0 Å². The van der Waals surface area contributed by atoms with Crippen LogP contribution in [0.5, 0.6) is 0 Å². The Hall–Kier alpha value is -0.970. The third kappa shape index (κ3) is 3.83. The molecule has 0 aromatic rings. The summed E-state index contributed by atoms with van der Waals surface area (Å²) in [6, 6.07) is 0. The third-order valence-corrected chi connectivity index (χ3v) is 1.96. The summed E-state index contributed by atoms with van der Waals surface area (Å²) >= 11 is 0. The standard InChI is InChI=1S/C9H13FO4/c10-6-7(11)5-9(12)14-8-1-3-13-4-2-8/h8H,1-6H2. The second-order valence-electron chi connectivity index (χ2n) is 3.15. The van der Waals surface area contributed by atoms with Crippen molar-refractivity contribution in [3.63, 3.8) is 0 Å². The number of rotatable bonds is 4. The topological polar surface area (TPSA) is 52.6 Å². The minimum atomic E-state index is -1.11. The maximum Gasteiger partial charge on any atom is 0.313 e. The molecule has 0 radical (unpaired) electrons. The van der Waals surface area contributed by atoms with Crippen LogP contribution < -0.4 is 0 Å². The summed E-state index contributed by atoms with van der Waals surface area (Å²) in [7, 11) is 0. The molecule has 5 heteroatoms. The summed E-state index contributed by atoms with van der Waals surface area (Å²) < 4.78 is 21.8. The van der Waals surface area contributed by atoms with E-state index in [1.165, 1.54) is 0 Å². The maximum absolute atomic E-state index is 11.7. The highest BCUT2D eigenvalue weighted by Gasteiger charge is 2.19. The van der Waals surface area contributed by atoms with Crippen LogP contribution in [0.1, 0.15) is 19.3 Å². The number of hydrogen-bond donors (Lipinski definition) is 0. The van der Waals surface area contributed by atoms with Crippen LogP contribution in [0, 0.1) is 0 Å². The molecule has 0 spiro atoms. The highest BCUT2D eigenvalue weighted by atomic mass is 19.1. The molecule has 80 valence electrons. The molecular formula is C9H13FO4. The molecule has 4 nitrogen and oxygen atoms in total. The van der Waals surface area contributed by atoms with Crippen molar-refractivity contribution in [2.24, 2.45) is 0 Å². The maximum atomic E-state index is 11.7. The molecule has 0 N–H and O–H groups in total. The number of esters is 1. The van der Waals surface area contributed by atoms with E-state index in [0.29, 0.717) is 26.1 Å². The van der Waals surface area contributed by atoms with Crippen LogP contribution in [0.4, 0.5) is 4.39 Å². The molecule has 0 aromatic heterocycles.